The molecule has 1 saturated carbocycles. The van der Waals surface area contributed by atoms with Gasteiger partial charge >= 0.3 is 0 Å². The van der Waals surface area contributed by atoms with Crippen molar-refractivity contribution < 1.29 is 9.84 Å². The number of para-hydroxylation sites is 1. The van der Waals surface area contributed by atoms with Gasteiger partial charge in [-0.15, -0.1) is 0 Å². The Labute approximate surface area is 103 Å². The molecule has 0 bridgehead atoms. The van der Waals surface area contributed by atoms with Crippen LogP contribution in [-0.2, 0) is 0 Å². The van der Waals surface area contributed by atoms with E-state index in [1.54, 1.807) is 0 Å². The van der Waals surface area contributed by atoms with Gasteiger partial charge in [0, 0.05) is 12.1 Å². The van der Waals surface area contributed by atoms with Crippen molar-refractivity contribution in [3.05, 3.63) is 30.3 Å². The minimum Gasteiger partial charge on any atom is -0.491 e. The summed E-state index contributed by atoms with van der Waals surface area (Å²) in [6, 6.07) is 9.59. The maximum Gasteiger partial charge on any atom is 0.119 e. The average Bonchev–Trinajstić information content (AvgIpc) is 2.33. The molecule has 0 aliphatic heterocycles. The first-order valence-corrected chi connectivity index (χ1v) is 6.29. The van der Waals surface area contributed by atoms with Crippen molar-refractivity contribution in [2.24, 2.45) is 0 Å². The molecule has 1 fully saturated rings. The molecule has 2 rings (SSSR count). The van der Waals surface area contributed by atoms with E-state index in [-0.39, 0.29) is 5.54 Å². The van der Waals surface area contributed by atoms with E-state index in [1.165, 1.54) is 19.3 Å². The number of rotatable bonds is 6. The molecule has 1 aliphatic rings. The minimum absolute atomic E-state index is 0.244. The highest BCUT2D eigenvalue weighted by molar-refractivity contribution is 5.20. The Morgan fingerprint density at radius 1 is 1.35 bits per heavy atom. The van der Waals surface area contributed by atoms with Crippen molar-refractivity contribution in [1.29, 1.82) is 0 Å². The van der Waals surface area contributed by atoms with E-state index in [9.17, 15) is 5.11 Å². The Kier molecular flexibility index (Phi) is 4.02. The number of hydrogen-bond donors (Lipinski definition) is 2. The predicted molar refractivity (Wildman–Crippen MR) is 68.2 cm³/mol. The monoisotopic (exact) mass is 235 g/mol. The molecule has 1 aromatic carbocycles. The molecule has 2 N–H and O–H groups in total. The van der Waals surface area contributed by atoms with E-state index in [4.69, 9.17) is 4.74 Å². The molecule has 1 unspecified atom stereocenters. The van der Waals surface area contributed by atoms with Crippen LogP contribution in [0.2, 0.25) is 0 Å². The van der Waals surface area contributed by atoms with Crippen LogP contribution in [0.5, 0.6) is 5.75 Å². The van der Waals surface area contributed by atoms with Crippen molar-refractivity contribution >= 4 is 0 Å². The van der Waals surface area contributed by atoms with Gasteiger partial charge in [-0.05, 0) is 38.3 Å². The van der Waals surface area contributed by atoms with Crippen molar-refractivity contribution in [2.45, 2.75) is 37.8 Å². The number of aliphatic hydroxyl groups is 1. The molecular formula is C14H21NO2. The third-order valence-corrected chi connectivity index (χ3v) is 3.41. The number of benzene rings is 1. The molecule has 0 aromatic heterocycles. The molecule has 1 aliphatic carbocycles. The third-order valence-electron chi connectivity index (χ3n) is 3.41. The van der Waals surface area contributed by atoms with Gasteiger partial charge in [-0.25, -0.2) is 0 Å². The van der Waals surface area contributed by atoms with E-state index in [0.717, 1.165) is 5.75 Å². The Bertz CT molecular complexity index is 335. The number of hydrogen-bond acceptors (Lipinski definition) is 3. The second kappa shape index (κ2) is 5.52. The molecule has 0 heterocycles. The van der Waals surface area contributed by atoms with Crippen molar-refractivity contribution in [1.82, 2.24) is 5.32 Å². The van der Waals surface area contributed by atoms with Crippen LogP contribution in [0.1, 0.15) is 26.2 Å². The first kappa shape index (κ1) is 12.4. The summed E-state index contributed by atoms with van der Waals surface area (Å²) >= 11 is 0. The van der Waals surface area contributed by atoms with E-state index >= 15 is 0 Å². The van der Waals surface area contributed by atoms with Gasteiger partial charge in [-0.3, -0.25) is 0 Å². The lowest BCUT2D eigenvalue weighted by Crippen LogP contribution is -2.51. The summed E-state index contributed by atoms with van der Waals surface area (Å²) in [6.07, 6.45) is 3.26. The summed E-state index contributed by atoms with van der Waals surface area (Å²) in [4.78, 5) is 0. The SMILES string of the molecule is CC1(NCC(O)COc2ccccc2)CCC1. The van der Waals surface area contributed by atoms with Crippen LogP contribution in [0.4, 0.5) is 0 Å². The van der Waals surface area contributed by atoms with Crippen molar-refractivity contribution in [3.8, 4) is 5.75 Å². The largest absolute Gasteiger partial charge is 0.491 e. The second-order valence-electron chi connectivity index (χ2n) is 5.07. The quantitative estimate of drug-likeness (QED) is 0.792. The Hall–Kier alpha value is -1.06. The standard InChI is InChI=1S/C14H21NO2/c1-14(8-5-9-14)15-10-12(16)11-17-13-6-3-2-4-7-13/h2-4,6-7,12,15-16H,5,8-11H2,1H3. The van der Waals surface area contributed by atoms with Gasteiger partial charge in [0.05, 0.1) is 0 Å². The lowest BCUT2D eigenvalue weighted by molar-refractivity contribution is 0.0868. The van der Waals surface area contributed by atoms with Gasteiger partial charge in [0.25, 0.3) is 0 Å². The van der Waals surface area contributed by atoms with Crippen LogP contribution >= 0.6 is 0 Å². The topological polar surface area (TPSA) is 41.5 Å². The number of ether oxygens (including phenoxy) is 1. The zero-order valence-corrected chi connectivity index (χ0v) is 10.4. The number of aliphatic hydroxyl groups excluding tert-OH is 1. The first-order chi connectivity index (χ1) is 8.18. The minimum atomic E-state index is -0.451. The van der Waals surface area contributed by atoms with E-state index < -0.39 is 6.10 Å². The molecule has 1 atom stereocenters. The normalized spacial score (nSPS) is 19.4. The Balaban J connectivity index is 1.65. The molecule has 0 spiro atoms. The van der Waals surface area contributed by atoms with E-state index in [1.807, 2.05) is 30.3 Å². The van der Waals surface area contributed by atoms with Gasteiger partial charge in [0.2, 0.25) is 0 Å². The molecule has 3 heteroatoms. The fraction of sp³-hybridized carbons (Fsp3) is 0.571. The summed E-state index contributed by atoms with van der Waals surface area (Å²) in [7, 11) is 0. The molecular weight excluding hydrogens is 214 g/mol. The summed E-state index contributed by atoms with van der Waals surface area (Å²) in [5.74, 6) is 0.807. The first-order valence-electron chi connectivity index (χ1n) is 6.29. The van der Waals surface area contributed by atoms with Gasteiger partial charge < -0.3 is 15.2 Å². The summed E-state index contributed by atoms with van der Waals surface area (Å²) in [6.45, 7) is 3.15. The summed E-state index contributed by atoms with van der Waals surface area (Å²) in [5, 5.41) is 13.2. The van der Waals surface area contributed by atoms with Crippen LogP contribution in [0.3, 0.4) is 0 Å². The highest BCUT2D eigenvalue weighted by Crippen LogP contribution is 2.30. The van der Waals surface area contributed by atoms with Crippen LogP contribution in [0.25, 0.3) is 0 Å². The number of β-amino-alcohol motifs (C(OH)–C–C–N with tert-alkyl or cyclic N) is 1. The van der Waals surface area contributed by atoms with E-state index in [2.05, 4.69) is 12.2 Å². The highest BCUT2D eigenvalue weighted by Gasteiger charge is 2.31. The number of nitrogens with one attached hydrogen (secondary N) is 1. The third kappa shape index (κ3) is 3.72. The van der Waals surface area contributed by atoms with Crippen LogP contribution < -0.4 is 10.1 Å². The highest BCUT2D eigenvalue weighted by atomic mass is 16.5. The van der Waals surface area contributed by atoms with Crippen LogP contribution in [0.15, 0.2) is 30.3 Å². The molecule has 3 nitrogen and oxygen atoms in total. The van der Waals surface area contributed by atoms with Gasteiger partial charge in [0.1, 0.15) is 18.5 Å². The maximum atomic E-state index is 9.81. The molecule has 0 radical (unpaired) electrons. The van der Waals surface area contributed by atoms with Gasteiger partial charge in [-0.1, -0.05) is 18.2 Å². The van der Waals surface area contributed by atoms with Gasteiger partial charge in [0.15, 0.2) is 0 Å². The van der Waals surface area contributed by atoms with E-state index in [0.29, 0.717) is 13.2 Å². The fourth-order valence-corrected chi connectivity index (χ4v) is 2.02. The molecule has 0 amide bonds. The predicted octanol–water partition coefficient (Wildman–Crippen LogP) is 1.96. The second-order valence-corrected chi connectivity index (χ2v) is 5.07. The van der Waals surface area contributed by atoms with Gasteiger partial charge in [-0.2, -0.15) is 0 Å². The van der Waals surface area contributed by atoms with Crippen molar-refractivity contribution in [3.63, 3.8) is 0 Å². The summed E-state index contributed by atoms with van der Waals surface area (Å²) < 4.78 is 5.49. The zero-order valence-electron chi connectivity index (χ0n) is 10.4. The zero-order chi connectivity index (χ0) is 12.1. The van der Waals surface area contributed by atoms with Crippen molar-refractivity contribution in [2.75, 3.05) is 13.2 Å². The molecule has 94 valence electrons. The Morgan fingerprint density at radius 3 is 2.65 bits per heavy atom. The van der Waals surface area contributed by atoms with Crippen LogP contribution in [0, 0.1) is 0 Å². The smallest absolute Gasteiger partial charge is 0.119 e. The maximum absolute atomic E-state index is 9.81. The molecule has 0 saturated heterocycles. The lowest BCUT2D eigenvalue weighted by atomic mass is 9.78. The average molecular weight is 235 g/mol. The molecule has 1 aromatic rings. The van der Waals surface area contributed by atoms with Crippen LogP contribution in [-0.4, -0.2) is 29.9 Å². The Morgan fingerprint density at radius 2 is 2.06 bits per heavy atom. The lowest BCUT2D eigenvalue weighted by Gasteiger charge is -2.40. The fourth-order valence-electron chi connectivity index (χ4n) is 2.02. The molecule has 17 heavy (non-hydrogen) atoms. The summed E-state index contributed by atoms with van der Waals surface area (Å²) in [5.41, 5.74) is 0.244.